The standard InChI is InChI=1S/C60H40N2O/c1-4-16-41(17-5-1)42-28-33-47(34-29-42)62(56-40-58-60(54-27-15-14-26-53(54)56)59-50-23-11-10-18-43(50)32-39-57(59)63-58)48-35-30-44(31-36-48)49-37-38-55(52-25-13-12-24-51(49)52)61(45-19-6-2-7-20-45)46-21-8-3-9-22-46/h1-40H. The van der Waals surface area contributed by atoms with E-state index in [4.69, 9.17) is 4.42 Å². The number of hydrogen-bond acceptors (Lipinski definition) is 3. The number of fused-ring (bicyclic) bond motifs is 8. The summed E-state index contributed by atoms with van der Waals surface area (Å²) >= 11 is 0. The molecule has 0 spiro atoms. The highest BCUT2D eigenvalue weighted by Crippen LogP contribution is 2.47. The van der Waals surface area contributed by atoms with Crippen LogP contribution in [0.3, 0.4) is 0 Å². The highest BCUT2D eigenvalue weighted by molar-refractivity contribution is 6.28. The Hall–Kier alpha value is -8.40. The van der Waals surface area contributed by atoms with Crippen molar-refractivity contribution in [2.75, 3.05) is 9.80 Å². The number of benzene rings is 11. The van der Waals surface area contributed by atoms with Gasteiger partial charge in [0.05, 0.1) is 11.4 Å². The van der Waals surface area contributed by atoms with Crippen molar-refractivity contribution in [2.24, 2.45) is 0 Å². The molecule has 0 aliphatic heterocycles. The van der Waals surface area contributed by atoms with Crippen LogP contribution in [0.4, 0.5) is 34.1 Å². The molecule has 0 fully saturated rings. The van der Waals surface area contributed by atoms with Crippen LogP contribution in [0.2, 0.25) is 0 Å². The zero-order valence-electron chi connectivity index (χ0n) is 34.4. The van der Waals surface area contributed by atoms with Crippen molar-refractivity contribution in [3.8, 4) is 22.3 Å². The van der Waals surface area contributed by atoms with Gasteiger partial charge in [0.1, 0.15) is 11.2 Å². The van der Waals surface area contributed by atoms with Crippen LogP contribution in [0, 0.1) is 0 Å². The lowest BCUT2D eigenvalue weighted by atomic mass is 9.95. The Labute approximate surface area is 365 Å². The zero-order valence-corrected chi connectivity index (χ0v) is 34.4. The SMILES string of the molecule is c1ccc(-c2ccc(N(c3ccc(-c4ccc(N(c5ccccc5)c5ccccc5)c5ccccc45)cc3)c3cc4oc5ccc6ccccc6c5c4c4ccccc34)cc2)cc1. The molecule has 3 heteroatoms. The molecule has 3 nitrogen and oxygen atoms in total. The minimum atomic E-state index is 0.865. The lowest BCUT2D eigenvalue weighted by Gasteiger charge is -2.28. The van der Waals surface area contributed by atoms with E-state index in [0.717, 1.165) is 72.4 Å². The third-order valence-electron chi connectivity index (χ3n) is 12.4. The summed E-state index contributed by atoms with van der Waals surface area (Å²) in [7, 11) is 0. The normalized spacial score (nSPS) is 11.5. The molecule has 12 rings (SSSR count). The Bertz CT molecular complexity index is 3560. The van der Waals surface area contributed by atoms with E-state index in [9.17, 15) is 0 Å². The maximum Gasteiger partial charge on any atom is 0.138 e. The van der Waals surface area contributed by atoms with E-state index in [1.165, 1.54) is 38.2 Å². The molecule has 0 unspecified atom stereocenters. The second-order valence-corrected chi connectivity index (χ2v) is 16.1. The molecule has 0 atom stereocenters. The van der Waals surface area contributed by atoms with Gasteiger partial charge in [0.2, 0.25) is 0 Å². The smallest absolute Gasteiger partial charge is 0.138 e. The minimum Gasteiger partial charge on any atom is -0.456 e. The van der Waals surface area contributed by atoms with E-state index in [0.29, 0.717) is 0 Å². The number of anilines is 6. The molecule has 1 heterocycles. The van der Waals surface area contributed by atoms with E-state index >= 15 is 0 Å². The molecule has 0 aliphatic rings. The molecule has 0 bridgehead atoms. The first kappa shape index (κ1) is 36.5. The maximum absolute atomic E-state index is 6.78. The van der Waals surface area contributed by atoms with Crippen LogP contribution >= 0.6 is 0 Å². The van der Waals surface area contributed by atoms with Crippen molar-refractivity contribution in [3.05, 3.63) is 243 Å². The Morgan fingerprint density at radius 1 is 0.270 bits per heavy atom. The lowest BCUT2D eigenvalue weighted by molar-refractivity contribution is 0.669. The average molecular weight is 805 g/mol. The Kier molecular flexibility index (Phi) is 8.83. The molecule has 0 saturated carbocycles. The molecule has 11 aromatic carbocycles. The topological polar surface area (TPSA) is 19.6 Å². The van der Waals surface area contributed by atoms with Gasteiger partial charge in [-0.05, 0) is 104 Å². The van der Waals surface area contributed by atoms with Crippen LogP contribution in [0.1, 0.15) is 0 Å². The van der Waals surface area contributed by atoms with Gasteiger partial charge in [0.25, 0.3) is 0 Å². The summed E-state index contributed by atoms with van der Waals surface area (Å²) in [6.07, 6.45) is 0. The second kappa shape index (κ2) is 15.3. The van der Waals surface area contributed by atoms with Gasteiger partial charge in [0, 0.05) is 50.4 Å². The van der Waals surface area contributed by atoms with Crippen LogP contribution in [-0.4, -0.2) is 0 Å². The Morgan fingerprint density at radius 3 is 1.38 bits per heavy atom. The summed E-state index contributed by atoms with van der Waals surface area (Å²) in [5.41, 5.74) is 13.0. The van der Waals surface area contributed by atoms with Crippen molar-refractivity contribution in [3.63, 3.8) is 0 Å². The zero-order chi connectivity index (χ0) is 41.7. The summed E-state index contributed by atoms with van der Waals surface area (Å²) < 4.78 is 6.78. The fourth-order valence-electron chi connectivity index (χ4n) is 9.53. The molecule has 1 aromatic heterocycles. The van der Waals surface area contributed by atoms with Gasteiger partial charge >= 0.3 is 0 Å². The summed E-state index contributed by atoms with van der Waals surface area (Å²) in [5, 5.41) is 9.39. The molecule has 0 amide bonds. The molecule has 0 saturated heterocycles. The van der Waals surface area contributed by atoms with Gasteiger partial charge < -0.3 is 14.2 Å². The monoisotopic (exact) mass is 804 g/mol. The highest BCUT2D eigenvalue weighted by atomic mass is 16.3. The quantitative estimate of drug-likeness (QED) is 0.153. The third kappa shape index (κ3) is 6.29. The van der Waals surface area contributed by atoms with Gasteiger partial charge in [0.15, 0.2) is 0 Å². The molecular weight excluding hydrogens is 765 g/mol. The van der Waals surface area contributed by atoms with Crippen LogP contribution < -0.4 is 9.80 Å². The second-order valence-electron chi connectivity index (χ2n) is 16.1. The molecule has 296 valence electrons. The largest absolute Gasteiger partial charge is 0.456 e. The molecule has 63 heavy (non-hydrogen) atoms. The fourth-order valence-corrected chi connectivity index (χ4v) is 9.53. The number of furan rings is 1. The van der Waals surface area contributed by atoms with Crippen LogP contribution in [0.5, 0.6) is 0 Å². The Morgan fingerprint density at radius 2 is 0.730 bits per heavy atom. The van der Waals surface area contributed by atoms with E-state index < -0.39 is 0 Å². The first-order valence-electron chi connectivity index (χ1n) is 21.5. The number of rotatable bonds is 8. The summed E-state index contributed by atoms with van der Waals surface area (Å²) in [4.78, 5) is 4.73. The van der Waals surface area contributed by atoms with Gasteiger partial charge in [-0.1, -0.05) is 176 Å². The van der Waals surface area contributed by atoms with Gasteiger partial charge in [-0.3, -0.25) is 0 Å². The van der Waals surface area contributed by atoms with Crippen molar-refractivity contribution >= 4 is 88.4 Å². The molecule has 0 radical (unpaired) electrons. The number of para-hydroxylation sites is 2. The Balaban J connectivity index is 1.02. The molecule has 0 N–H and O–H groups in total. The number of nitrogens with zero attached hydrogens (tertiary/aromatic N) is 2. The van der Waals surface area contributed by atoms with Crippen molar-refractivity contribution in [1.29, 1.82) is 0 Å². The average Bonchev–Trinajstić information content (AvgIpc) is 3.75. The highest BCUT2D eigenvalue weighted by Gasteiger charge is 2.22. The van der Waals surface area contributed by atoms with E-state index in [-0.39, 0.29) is 0 Å². The first-order valence-corrected chi connectivity index (χ1v) is 21.5. The van der Waals surface area contributed by atoms with E-state index in [1.54, 1.807) is 0 Å². The minimum absolute atomic E-state index is 0.865. The van der Waals surface area contributed by atoms with Crippen molar-refractivity contribution < 1.29 is 4.42 Å². The van der Waals surface area contributed by atoms with E-state index in [2.05, 4.69) is 252 Å². The molecule has 12 aromatic rings. The maximum atomic E-state index is 6.78. The van der Waals surface area contributed by atoms with Crippen LogP contribution in [-0.2, 0) is 0 Å². The van der Waals surface area contributed by atoms with E-state index in [1.807, 2.05) is 0 Å². The molecule has 0 aliphatic carbocycles. The van der Waals surface area contributed by atoms with Gasteiger partial charge in [-0.25, -0.2) is 0 Å². The predicted molar refractivity (Wildman–Crippen MR) is 266 cm³/mol. The van der Waals surface area contributed by atoms with Crippen LogP contribution in [0.15, 0.2) is 247 Å². The van der Waals surface area contributed by atoms with Crippen molar-refractivity contribution in [1.82, 2.24) is 0 Å². The van der Waals surface area contributed by atoms with Crippen LogP contribution in [0.25, 0.3) is 76.5 Å². The third-order valence-corrected chi connectivity index (χ3v) is 12.4. The van der Waals surface area contributed by atoms with Gasteiger partial charge in [-0.15, -0.1) is 0 Å². The first-order chi connectivity index (χ1) is 31.3. The lowest BCUT2D eigenvalue weighted by Crippen LogP contribution is -2.11. The summed E-state index contributed by atoms with van der Waals surface area (Å²) in [5.74, 6) is 0. The fraction of sp³-hybridized carbons (Fsp3) is 0. The molecular formula is C60H40N2O. The van der Waals surface area contributed by atoms with Gasteiger partial charge in [-0.2, -0.15) is 0 Å². The van der Waals surface area contributed by atoms with Crippen molar-refractivity contribution in [2.45, 2.75) is 0 Å². The summed E-state index contributed by atoms with van der Waals surface area (Å²) in [6.45, 7) is 0. The number of hydrogen-bond donors (Lipinski definition) is 0. The summed E-state index contributed by atoms with van der Waals surface area (Å²) in [6, 6.07) is 86.9. The predicted octanol–water partition coefficient (Wildman–Crippen LogP) is 17.3.